The minimum atomic E-state index is -0.0271. The van der Waals surface area contributed by atoms with Crippen LogP contribution >= 0.6 is 0 Å². The second kappa shape index (κ2) is 11.5. The number of unbranched alkanes of at least 4 members (excludes halogenated alkanes) is 6. The number of rotatable bonds is 10. The lowest BCUT2D eigenvalue weighted by Crippen LogP contribution is -2.05. The smallest absolute Gasteiger partial charge is 0.305 e. The van der Waals surface area contributed by atoms with Gasteiger partial charge in [0.15, 0.2) is 0 Å². The first kappa shape index (κ1) is 14.5. The van der Waals surface area contributed by atoms with Crippen LogP contribution < -0.4 is 0 Å². The van der Waals surface area contributed by atoms with Gasteiger partial charge in [-0.2, -0.15) is 0 Å². The molecule has 0 spiro atoms. The minimum absolute atomic E-state index is 0.0271. The molecule has 0 N–H and O–H groups in total. The van der Waals surface area contributed by atoms with Crippen molar-refractivity contribution in [2.75, 3.05) is 6.61 Å². The first-order valence-electron chi connectivity index (χ1n) is 6.26. The highest BCUT2D eigenvalue weighted by molar-refractivity contribution is 5.69. The average Bonchev–Trinajstić information content (AvgIpc) is 2.24. The maximum absolute atomic E-state index is 11.2. The zero-order valence-electron chi connectivity index (χ0n) is 10.1. The van der Waals surface area contributed by atoms with E-state index in [0.29, 0.717) is 13.0 Å². The summed E-state index contributed by atoms with van der Waals surface area (Å²) in [6.45, 7) is 6.53. The summed E-state index contributed by atoms with van der Waals surface area (Å²) >= 11 is 0. The van der Waals surface area contributed by atoms with E-state index in [0.717, 1.165) is 38.5 Å². The van der Waals surface area contributed by atoms with Crippen LogP contribution in [-0.4, -0.2) is 12.6 Å². The molecule has 0 rings (SSSR count). The summed E-state index contributed by atoms with van der Waals surface area (Å²) in [7, 11) is 0. The first-order valence-corrected chi connectivity index (χ1v) is 6.26. The third kappa shape index (κ3) is 11.4. The van der Waals surface area contributed by atoms with Crippen LogP contribution in [0.4, 0.5) is 0 Å². The molecule has 2 nitrogen and oxygen atoms in total. The summed E-state index contributed by atoms with van der Waals surface area (Å²) in [5.41, 5.74) is 0. The predicted octanol–water partition coefficient (Wildman–Crippen LogP) is 3.89. The third-order valence-electron chi connectivity index (χ3n) is 2.39. The van der Waals surface area contributed by atoms with Crippen molar-refractivity contribution in [3.8, 4) is 0 Å². The second-order valence-electron chi connectivity index (χ2n) is 3.95. The Morgan fingerprint density at radius 3 is 2.47 bits per heavy atom. The van der Waals surface area contributed by atoms with E-state index in [4.69, 9.17) is 4.74 Å². The fraction of sp³-hybridized carbons (Fsp3) is 0.846. The number of ether oxygens (including phenoxy) is 1. The van der Waals surface area contributed by atoms with Crippen molar-refractivity contribution in [3.05, 3.63) is 6.92 Å². The topological polar surface area (TPSA) is 26.3 Å². The summed E-state index contributed by atoms with van der Waals surface area (Å²) < 4.78 is 5.11. The molecule has 0 amide bonds. The molecule has 0 heterocycles. The van der Waals surface area contributed by atoms with E-state index in [2.05, 4.69) is 13.8 Å². The molecule has 0 aromatic carbocycles. The molecule has 0 aromatic heterocycles. The average molecular weight is 213 g/mol. The largest absolute Gasteiger partial charge is 0.466 e. The molecule has 0 unspecified atom stereocenters. The molecule has 0 aliphatic heterocycles. The Balaban J connectivity index is 3.11. The van der Waals surface area contributed by atoms with Gasteiger partial charge in [0.1, 0.15) is 0 Å². The summed E-state index contributed by atoms with van der Waals surface area (Å²) in [4.78, 5) is 11.2. The molecule has 89 valence electrons. The Bertz CT molecular complexity index is 143. The fourth-order valence-corrected chi connectivity index (χ4v) is 1.41. The molecule has 15 heavy (non-hydrogen) atoms. The number of hydrogen-bond donors (Lipinski definition) is 0. The lowest BCUT2D eigenvalue weighted by Gasteiger charge is -2.04. The Kier molecular flexibility index (Phi) is 11.1. The molecule has 0 bridgehead atoms. The summed E-state index contributed by atoms with van der Waals surface area (Å²) in [6.07, 6.45) is 9.35. The van der Waals surface area contributed by atoms with Crippen molar-refractivity contribution in [3.63, 3.8) is 0 Å². The maximum Gasteiger partial charge on any atom is 0.305 e. The second-order valence-corrected chi connectivity index (χ2v) is 3.95. The quantitative estimate of drug-likeness (QED) is 0.406. The van der Waals surface area contributed by atoms with Crippen LogP contribution in [0.1, 0.15) is 64.7 Å². The zero-order chi connectivity index (χ0) is 11.4. The monoisotopic (exact) mass is 213 g/mol. The number of hydrogen-bond acceptors (Lipinski definition) is 2. The van der Waals surface area contributed by atoms with Gasteiger partial charge in [0.05, 0.1) is 6.61 Å². The molecule has 2 heteroatoms. The molecule has 0 saturated heterocycles. The van der Waals surface area contributed by atoms with E-state index in [1.807, 2.05) is 0 Å². The van der Waals surface area contributed by atoms with Gasteiger partial charge in [0.2, 0.25) is 0 Å². The van der Waals surface area contributed by atoms with Crippen LogP contribution in [-0.2, 0) is 9.53 Å². The molecular formula is C13H25O2. The van der Waals surface area contributed by atoms with Crippen LogP contribution in [0.5, 0.6) is 0 Å². The van der Waals surface area contributed by atoms with Crippen LogP contribution in [0.2, 0.25) is 0 Å². The Hall–Kier alpha value is -0.530. The highest BCUT2D eigenvalue weighted by atomic mass is 16.5. The van der Waals surface area contributed by atoms with Gasteiger partial charge in [-0.1, -0.05) is 52.4 Å². The lowest BCUT2D eigenvalue weighted by molar-refractivity contribution is -0.143. The van der Waals surface area contributed by atoms with Gasteiger partial charge in [0, 0.05) is 6.42 Å². The van der Waals surface area contributed by atoms with Crippen LogP contribution in [0.15, 0.2) is 0 Å². The van der Waals surface area contributed by atoms with E-state index >= 15 is 0 Å². The SMILES string of the molecule is [CH2]CCCCCOC(=O)CCCCCC. The predicted molar refractivity (Wildman–Crippen MR) is 63.5 cm³/mol. The van der Waals surface area contributed by atoms with E-state index in [1.54, 1.807) is 0 Å². The van der Waals surface area contributed by atoms with Crippen LogP contribution in [0.25, 0.3) is 0 Å². The van der Waals surface area contributed by atoms with Gasteiger partial charge in [-0.25, -0.2) is 0 Å². The zero-order valence-corrected chi connectivity index (χ0v) is 10.1. The van der Waals surface area contributed by atoms with Crippen LogP contribution in [0, 0.1) is 6.92 Å². The highest BCUT2D eigenvalue weighted by Gasteiger charge is 2.01. The molecule has 0 aliphatic carbocycles. The van der Waals surface area contributed by atoms with Crippen molar-refractivity contribution in [2.45, 2.75) is 64.7 Å². The summed E-state index contributed by atoms with van der Waals surface area (Å²) in [6, 6.07) is 0. The number of esters is 1. The van der Waals surface area contributed by atoms with Gasteiger partial charge >= 0.3 is 5.97 Å². The molecule has 0 aliphatic rings. The number of carbonyl (C=O) groups excluding carboxylic acids is 1. The first-order chi connectivity index (χ1) is 7.31. The van der Waals surface area contributed by atoms with Gasteiger partial charge < -0.3 is 4.74 Å². The van der Waals surface area contributed by atoms with Gasteiger partial charge in [0.25, 0.3) is 0 Å². The van der Waals surface area contributed by atoms with Crippen molar-refractivity contribution >= 4 is 5.97 Å². The van der Waals surface area contributed by atoms with E-state index in [1.165, 1.54) is 12.8 Å². The van der Waals surface area contributed by atoms with Crippen molar-refractivity contribution in [2.24, 2.45) is 0 Å². The molecule has 0 aromatic rings. The fourth-order valence-electron chi connectivity index (χ4n) is 1.41. The maximum atomic E-state index is 11.2. The Morgan fingerprint density at radius 1 is 1.07 bits per heavy atom. The van der Waals surface area contributed by atoms with Crippen molar-refractivity contribution < 1.29 is 9.53 Å². The Morgan fingerprint density at radius 2 is 1.80 bits per heavy atom. The molecule has 1 radical (unpaired) electrons. The van der Waals surface area contributed by atoms with Gasteiger partial charge in [-0.3, -0.25) is 4.79 Å². The van der Waals surface area contributed by atoms with Crippen molar-refractivity contribution in [1.29, 1.82) is 0 Å². The summed E-state index contributed by atoms with van der Waals surface area (Å²) in [5, 5.41) is 0. The molecule has 0 saturated carbocycles. The molecule has 0 fully saturated rings. The van der Waals surface area contributed by atoms with Crippen molar-refractivity contribution in [1.82, 2.24) is 0 Å². The Labute approximate surface area is 94.4 Å². The van der Waals surface area contributed by atoms with E-state index in [9.17, 15) is 4.79 Å². The van der Waals surface area contributed by atoms with E-state index < -0.39 is 0 Å². The molecular weight excluding hydrogens is 188 g/mol. The normalized spacial score (nSPS) is 10.3. The van der Waals surface area contributed by atoms with Gasteiger partial charge in [-0.05, 0) is 12.8 Å². The van der Waals surface area contributed by atoms with E-state index in [-0.39, 0.29) is 5.97 Å². The van der Waals surface area contributed by atoms with Gasteiger partial charge in [-0.15, -0.1) is 0 Å². The standard InChI is InChI=1S/C13H25O2/c1-3-5-7-9-11-13(14)15-12-10-8-6-4-2/h2-12H2,1H3. The minimum Gasteiger partial charge on any atom is -0.466 e. The summed E-state index contributed by atoms with van der Waals surface area (Å²) in [5.74, 6) is -0.0271. The number of carbonyl (C=O) groups is 1. The lowest BCUT2D eigenvalue weighted by atomic mass is 10.1. The van der Waals surface area contributed by atoms with Crippen LogP contribution in [0.3, 0.4) is 0 Å². The highest BCUT2D eigenvalue weighted by Crippen LogP contribution is 2.04. The molecule has 0 atom stereocenters. The third-order valence-corrected chi connectivity index (χ3v) is 2.39.